The summed E-state index contributed by atoms with van der Waals surface area (Å²) >= 11 is 5.58. The SMILES string of the molecule is C=C(Cl)CNc1ccc(F)cc1OC. The zero-order chi connectivity index (χ0) is 10.6. The van der Waals surface area contributed by atoms with Crippen molar-refractivity contribution in [2.75, 3.05) is 19.0 Å². The van der Waals surface area contributed by atoms with E-state index < -0.39 is 0 Å². The minimum absolute atomic E-state index is 0.336. The largest absolute Gasteiger partial charge is 0.494 e. The number of nitrogens with one attached hydrogen (secondary N) is 1. The smallest absolute Gasteiger partial charge is 0.144 e. The molecule has 0 atom stereocenters. The molecule has 1 rings (SSSR count). The summed E-state index contributed by atoms with van der Waals surface area (Å²) in [4.78, 5) is 0. The van der Waals surface area contributed by atoms with Gasteiger partial charge in [-0.15, -0.1) is 0 Å². The van der Waals surface area contributed by atoms with Gasteiger partial charge in [0.1, 0.15) is 11.6 Å². The highest BCUT2D eigenvalue weighted by atomic mass is 35.5. The molecular weight excluding hydrogens is 205 g/mol. The van der Waals surface area contributed by atoms with Crippen molar-refractivity contribution >= 4 is 17.3 Å². The molecule has 1 aromatic carbocycles. The van der Waals surface area contributed by atoms with Crippen LogP contribution in [-0.4, -0.2) is 13.7 Å². The molecule has 0 aliphatic rings. The Labute approximate surface area is 87.3 Å². The van der Waals surface area contributed by atoms with Crippen molar-refractivity contribution in [2.45, 2.75) is 0 Å². The molecule has 0 saturated heterocycles. The number of methoxy groups -OCH3 is 1. The van der Waals surface area contributed by atoms with Gasteiger partial charge in [0.05, 0.1) is 19.3 Å². The lowest BCUT2D eigenvalue weighted by atomic mass is 10.3. The summed E-state index contributed by atoms with van der Waals surface area (Å²) in [7, 11) is 1.48. The van der Waals surface area contributed by atoms with Gasteiger partial charge in [-0.05, 0) is 12.1 Å². The van der Waals surface area contributed by atoms with E-state index in [1.54, 1.807) is 6.07 Å². The second-order valence-electron chi connectivity index (χ2n) is 2.72. The van der Waals surface area contributed by atoms with Crippen LogP contribution in [0.4, 0.5) is 10.1 Å². The molecule has 0 aliphatic carbocycles. The van der Waals surface area contributed by atoms with E-state index in [1.165, 1.54) is 19.2 Å². The maximum absolute atomic E-state index is 12.8. The highest BCUT2D eigenvalue weighted by Gasteiger charge is 2.03. The van der Waals surface area contributed by atoms with Crippen LogP contribution >= 0.6 is 11.6 Å². The number of hydrogen-bond acceptors (Lipinski definition) is 2. The van der Waals surface area contributed by atoms with Crippen molar-refractivity contribution < 1.29 is 9.13 Å². The maximum Gasteiger partial charge on any atom is 0.144 e. The van der Waals surface area contributed by atoms with Crippen LogP contribution in [0.15, 0.2) is 29.8 Å². The van der Waals surface area contributed by atoms with Crippen LogP contribution in [0.2, 0.25) is 0 Å². The molecule has 1 aromatic rings. The third kappa shape index (κ3) is 2.92. The standard InChI is InChI=1S/C10H11ClFNO/c1-7(11)6-13-9-4-3-8(12)5-10(9)14-2/h3-5,13H,1,6H2,2H3. The first-order valence-corrected chi connectivity index (χ1v) is 4.42. The van der Waals surface area contributed by atoms with Crippen molar-refractivity contribution in [1.82, 2.24) is 0 Å². The number of benzene rings is 1. The molecule has 0 heterocycles. The number of ether oxygens (including phenoxy) is 1. The fourth-order valence-corrected chi connectivity index (χ4v) is 1.07. The molecule has 0 saturated carbocycles. The highest BCUT2D eigenvalue weighted by molar-refractivity contribution is 6.29. The molecule has 0 radical (unpaired) electrons. The van der Waals surface area contributed by atoms with Gasteiger partial charge in [0.25, 0.3) is 0 Å². The van der Waals surface area contributed by atoms with E-state index in [9.17, 15) is 4.39 Å². The highest BCUT2D eigenvalue weighted by Crippen LogP contribution is 2.24. The first-order chi connectivity index (χ1) is 6.63. The molecule has 1 N–H and O–H groups in total. The lowest BCUT2D eigenvalue weighted by molar-refractivity contribution is 0.413. The van der Waals surface area contributed by atoms with E-state index in [0.29, 0.717) is 23.0 Å². The van der Waals surface area contributed by atoms with Crippen LogP contribution in [0.3, 0.4) is 0 Å². The third-order valence-corrected chi connectivity index (χ3v) is 1.77. The van der Waals surface area contributed by atoms with Crippen molar-refractivity contribution in [1.29, 1.82) is 0 Å². The van der Waals surface area contributed by atoms with Gasteiger partial charge in [-0.3, -0.25) is 0 Å². The predicted molar refractivity (Wildman–Crippen MR) is 56.4 cm³/mol. The van der Waals surface area contributed by atoms with Gasteiger partial charge in [0, 0.05) is 11.1 Å². The van der Waals surface area contributed by atoms with Crippen LogP contribution < -0.4 is 10.1 Å². The molecule has 76 valence electrons. The Morgan fingerprint density at radius 3 is 2.93 bits per heavy atom. The van der Waals surface area contributed by atoms with E-state index in [-0.39, 0.29) is 5.82 Å². The Hall–Kier alpha value is -1.22. The van der Waals surface area contributed by atoms with Crippen molar-refractivity contribution in [3.63, 3.8) is 0 Å². The van der Waals surface area contributed by atoms with E-state index in [2.05, 4.69) is 11.9 Å². The van der Waals surface area contributed by atoms with Crippen molar-refractivity contribution in [2.24, 2.45) is 0 Å². The fourth-order valence-electron chi connectivity index (χ4n) is 1.00. The summed E-state index contributed by atoms with van der Waals surface area (Å²) in [5.41, 5.74) is 0.690. The Morgan fingerprint density at radius 1 is 1.64 bits per heavy atom. The third-order valence-electron chi connectivity index (χ3n) is 1.63. The molecule has 0 aromatic heterocycles. The minimum atomic E-state index is -0.336. The van der Waals surface area contributed by atoms with Crippen LogP contribution in [0, 0.1) is 5.82 Å². The first kappa shape index (κ1) is 10.9. The average Bonchev–Trinajstić information content (AvgIpc) is 2.15. The van der Waals surface area contributed by atoms with E-state index in [1.807, 2.05) is 0 Å². The topological polar surface area (TPSA) is 21.3 Å². The Kier molecular flexibility index (Phi) is 3.77. The van der Waals surface area contributed by atoms with Gasteiger partial charge in [0.2, 0.25) is 0 Å². The first-order valence-electron chi connectivity index (χ1n) is 4.04. The van der Waals surface area contributed by atoms with Gasteiger partial charge in [-0.25, -0.2) is 4.39 Å². The number of hydrogen-bond donors (Lipinski definition) is 1. The normalized spacial score (nSPS) is 9.64. The predicted octanol–water partition coefficient (Wildman–Crippen LogP) is 3.00. The van der Waals surface area contributed by atoms with Gasteiger partial charge in [0.15, 0.2) is 0 Å². The summed E-state index contributed by atoms with van der Waals surface area (Å²) < 4.78 is 17.8. The van der Waals surface area contributed by atoms with Gasteiger partial charge in [-0.2, -0.15) is 0 Å². The maximum atomic E-state index is 12.8. The van der Waals surface area contributed by atoms with Gasteiger partial charge in [-0.1, -0.05) is 18.2 Å². The Balaban J connectivity index is 2.80. The molecule has 0 unspecified atom stereocenters. The van der Waals surface area contributed by atoms with Gasteiger partial charge < -0.3 is 10.1 Å². The van der Waals surface area contributed by atoms with Crippen LogP contribution in [0.1, 0.15) is 0 Å². The quantitative estimate of drug-likeness (QED) is 0.834. The summed E-state index contributed by atoms with van der Waals surface area (Å²) in [5, 5.41) is 3.45. The van der Waals surface area contributed by atoms with E-state index >= 15 is 0 Å². The molecule has 0 fully saturated rings. The molecule has 0 aliphatic heterocycles. The Morgan fingerprint density at radius 2 is 2.36 bits per heavy atom. The van der Waals surface area contributed by atoms with E-state index in [0.717, 1.165) is 0 Å². The molecule has 2 nitrogen and oxygen atoms in total. The second-order valence-corrected chi connectivity index (χ2v) is 3.25. The zero-order valence-corrected chi connectivity index (χ0v) is 8.57. The summed E-state index contributed by atoms with van der Waals surface area (Å²) in [6.07, 6.45) is 0. The summed E-state index contributed by atoms with van der Waals surface area (Å²) in [6.45, 7) is 3.95. The van der Waals surface area contributed by atoms with Crippen molar-refractivity contribution in [3.8, 4) is 5.75 Å². The molecule has 0 amide bonds. The minimum Gasteiger partial charge on any atom is -0.494 e. The number of anilines is 1. The van der Waals surface area contributed by atoms with Crippen molar-refractivity contribution in [3.05, 3.63) is 35.6 Å². The van der Waals surface area contributed by atoms with Crippen LogP contribution in [-0.2, 0) is 0 Å². The summed E-state index contributed by atoms with van der Waals surface area (Å²) in [5.74, 6) is 0.111. The summed E-state index contributed by atoms with van der Waals surface area (Å²) in [6, 6.07) is 4.25. The molecule has 0 spiro atoms. The monoisotopic (exact) mass is 215 g/mol. The number of halogens is 2. The Bertz CT molecular complexity index is 341. The van der Waals surface area contributed by atoms with Crippen LogP contribution in [0.5, 0.6) is 5.75 Å². The van der Waals surface area contributed by atoms with E-state index in [4.69, 9.17) is 16.3 Å². The zero-order valence-electron chi connectivity index (χ0n) is 7.81. The lowest BCUT2D eigenvalue weighted by Crippen LogP contribution is -2.02. The number of rotatable bonds is 4. The fraction of sp³-hybridized carbons (Fsp3) is 0.200. The molecular formula is C10H11ClFNO. The lowest BCUT2D eigenvalue weighted by Gasteiger charge is -2.10. The van der Waals surface area contributed by atoms with Gasteiger partial charge >= 0.3 is 0 Å². The molecule has 4 heteroatoms. The van der Waals surface area contributed by atoms with Crippen LogP contribution in [0.25, 0.3) is 0 Å². The molecule has 14 heavy (non-hydrogen) atoms. The average molecular weight is 216 g/mol. The second kappa shape index (κ2) is 4.86. The molecule has 0 bridgehead atoms.